The number of carboxylic acid groups (broad SMARTS) is 1. The summed E-state index contributed by atoms with van der Waals surface area (Å²) >= 11 is 1.68. The zero-order valence-electron chi connectivity index (χ0n) is 9.85. The average Bonchev–Trinajstić information content (AvgIpc) is 3.05. The third-order valence-corrected chi connectivity index (χ3v) is 4.86. The number of hydrogen-bond donors (Lipinski definition) is 1. The molecule has 1 heterocycles. The number of hydrogen-bond acceptors (Lipinski definition) is 4. The van der Waals surface area contributed by atoms with Gasteiger partial charge in [-0.25, -0.2) is 4.98 Å². The van der Waals surface area contributed by atoms with Gasteiger partial charge in [0.05, 0.1) is 5.69 Å². The highest BCUT2D eigenvalue weighted by molar-refractivity contribution is 7.15. The van der Waals surface area contributed by atoms with Crippen molar-refractivity contribution in [2.24, 2.45) is 0 Å². The van der Waals surface area contributed by atoms with Crippen LogP contribution < -0.4 is 4.90 Å². The highest BCUT2D eigenvalue weighted by Crippen LogP contribution is 2.40. The van der Waals surface area contributed by atoms with E-state index in [4.69, 9.17) is 0 Å². The molecular formula is C12H16N2O2S. The molecular weight excluding hydrogens is 236 g/mol. The van der Waals surface area contributed by atoms with E-state index in [1.165, 1.54) is 17.7 Å². The zero-order chi connectivity index (χ0) is 12.0. The molecule has 1 atom stereocenters. The van der Waals surface area contributed by atoms with Crippen molar-refractivity contribution >= 4 is 22.4 Å². The fourth-order valence-electron chi connectivity index (χ4n) is 2.41. The number of aromatic nitrogens is 1. The Morgan fingerprint density at radius 1 is 1.47 bits per heavy atom. The predicted molar refractivity (Wildman–Crippen MR) is 66.9 cm³/mol. The number of fused-ring (bicyclic) bond motifs is 1. The molecule has 0 saturated heterocycles. The van der Waals surface area contributed by atoms with Gasteiger partial charge in [-0.05, 0) is 32.1 Å². The molecule has 0 aromatic carbocycles. The Bertz CT molecular complexity index is 453. The molecule has 1 unspecified atom stereocenters. The van der Waals surface area contributed by atoms with Gasteiger partial charge >= 0.3 is 5.97 Å². The quantitative estimate of drug-likeness (QED) is 0.896. The average molecular weight is 252 g/mol. The third-order valence-electron chi connectivity index (χ3n) is 3.64. The highest BCUT2D eigenvalue weighted by atomic mass is 32.1. The minimum atomic E-state index is -0.725. The maximum Gasteiger partial charge on any atom is 0.312 e. The van der Waals surface area contributed by atoms with Crippen LogP contribution in [-0.4, -0.2) is 29.1 Å². The second kappa shape index (κ2) is 3.98. The molecule has 0 aliphatic heterocycles. The normalized spacial score (nSPS) is 23.2. The summed E-state index contributed by atoms with van der Waals surface area (Å²) in [6.07, 6.45) is 5.18. The Morgan fingerprint density at radius 2 is 2.24 bits per heavy atom. The summed E-state index contributed by atoms with van der Waals surface area (Å²) in [7, 11) is 2.07. The van der Waals surface area contributed by atoms with Crippen LogP contribution in [0.15, 0.2) is 0 Å². The lowest BCUT2D eigenvalue weighted by molar-refractivity contribution is -0.139. The summed E-state index contributed by atoms with van der Waals surface area (Å²) in [5.41, 5.74) is 0.830. The summed E-state index contributed by atoms with van der Waals surface area (Å²) in [6, 6.07) is 0.630. The van der Waals surface area contributed by atoms with Crippen LogP contribution in [0.25, 0.3) is 0 Å². The van der Waals surface area contributed by atoms with Gasteiger partial charge in [0.25, 0.3) is 0 Å². The molecule has 1 saturated carbocycles. The molecule has 1 fully saturated rings. The minimum absolute atomic E-state index is 0.378. The smallest absolute Gasteiger partial charge is 0.312 e. The van der Waals surface area contributed by atoms with Crippen LogP contribution >= 0.6 is 11.3 Å². The van der Waals surface area contributed by atoms with Gasteiger partial charge in [-0.15, -0.1) is 11.3 Å². The molecule has 92 valence electrons. The molecule has 2 aliphatic rings. The number of rotatable bonds is 3. The number of anilines is 1. The summed E-state index contributed by atoms with van der Waals surface area (Å²) in [4.78, 5) is 19.2. The van der Waals surface area contributed by atoms with Crippen LogP contribution in [0.4, 0.5) is 5.13 Å². The van der Waals surface area contributed by atoms with Crippen LogP contribution in [0.5, 0.6) is 0 Å². The van der Waals surface area contributed by atoms with Crippen molar-refractivity contribution in [2.75, 3.05) is 11.9 Å². The number of aryl methyl sites for hydroxylation is 1. The van der Waals surface area contributed by atoms with Gasteiger partial charge in [-0.1, -0.05) is 0 Å². The first-order valence-corrected chi connectivity index (χ1v) is 6.93. The highest BCUT2D eigenvalue weighted by Gasteiger charge is 2.33. The van der Waals surface area contributed by atoms with E-state index in [9.17, 15) is 9.90 Å². The molecule has 5 heteroatoms. The van der Waals surface area contributed by atoms with Crippen molar-refractivity contribution in [1.29, 1.82) is 0 Å². The van der Waals surface area contributed by atoms with Gasteiger partial charge in [0.1, 0.15) is 5.92 Å². The van der Waals surface area contributed by atoms with Crippen LogP contribution in [0.2, 0.25) is 0 Å². The topological polar surface area (TPSA) is 53.4 Å². The molecule has 1 aromatic rings. The number of aliphatic carboxylic acids is 1. The lowest BCUT2D eigenvalue weighted by Crippen LogP contribution is -2.20. The number of nitrogens with zero attached hydrogens (tertiary/aromatic N) is 2. The number of thiazole rings is 1. The maximum atomic E-state index is 11.2. The zero-order valence-corrected chi connectivity index (χ0v) is 10.7. The van der Waals surface area contributed by atoms with E-state index in [1.54, 1.807) is 11.3 Å². The lowest BCUT2D eigenvalue weighted by atomic mass is 9.91. The lowest BCUT2D eigenvalue weighted by Gasteiger charge is -2.16. The molecule has 17 heavy (non-hydrogen) atoms. The van der Waals surface area contributed by atoms with E-state index in [1.807, 2.05) is 0 Å². The molecule has 0 spiro atoms. The van der Waals surface area contributed by atoms with Crippen molar-refractivity contribution in [3.8, 4) is 0 Å². The van der Waals surface area contributed by atoms with Gasteiger partial charge in [0.15, 0.2) is 5.13 Å². The molecule has 1 N–H and O–H groups in total. The van der Waals surface area contributed by atoms with Gasteiger partial charge in [-0.2, -0.15) is 0 Å². The Balaban J connectivity index is 1.92. The summed E-state index contributed by atoms with van der Waals surface area (Å²) in [5.74, 6) is -1.10. The van der Waals surface area contributed by atoms with E-state index in [2.05, 4.69) is 16.9 Å². The van der Waals surface area contributed by atoms with Crippen LogP contribution in [-0.2, 0) is 11.2 Å². The molecule has 2 aliphatic carbocycles. The van der Waals surface area contributed by atoms with Crippen molar-refractivity contribution in [1.82, 2.24) is 4.98 Å². The molecule has 0 amide bonds. The third kappa shape index (κ3) is 1.92. The largest absolute Gasteiger partial charge is 0.481 e. The molecule has 3 rings (SSSR count). The molecule has 4 nitrogen and oxygen atoms in total. The van der Waals surface area contributed by atoms with Gasteiger partial charge in [0, 0.05) is 18.0 Å². The van der Waals surface area contributed by atoms with Crippen molar-refractivity contribution in [2.45, 2.75) is 44.1 Å². The minimum Gasteiger partial charge on any atom is -0.481 e. The van der Waals surface area contributed by atoms with Crippen molar-refractivity contribution in [3.05, 3.63) is 10.6 Å². The molecule has 1 aromatic heterocycles. The van der Waals surface area contributed by atoms with Gasteiger partial charge < -0.3 is 10.0 Å². The van der Waals surface area contributed by atoms with Crippen molar-refractivity contribution in [3.63, 3.8) is 0 Å². The fourth-order valence-corrected chi connectivity index (χ4v) is 3.61. The van der Waals surface area contributed by atoms with Crippen LogP contribution in [0, 0.1) is 0 Å². The van der Waals surface area contributed by atoms with Crippen LogP contribution in [0.3, 0.4) is 0 Å². The second-order valence-corrected chi connectivity index (χ2v) is 5.99. The number of carbonyl (C=O) groups is 1. The van der Waals surface area contributed by atoms with E-state index < -0.39 is 5.97 Å². The predicted octanol–water partition coefficient (Wildman–Crippen LogP) is 2.25. The monoisotopic (exact) mass is 252 g/mol. The van der Waals surface area contributed by atoms with E-state index >= 15 is 0 Å². The molecule has 0 radical (unpaired) electrons. The fraction of sp³-hybridized carbons (Fsp3) is 0.667. The molecule has 0 bridgehead atoms. The van der Waals surface area contributed by atoms with Crippen molar-refractivity contribution < 1.29 is 9.90 Å². The standard InChI is InChI=1S/C12H16N2O2S/c1-14(7-5-6-7)12-13-10-8(11(15)16)3-2-4-9(10)17-12/h7-8H,2-6H2,1H3,(H,15,16). The first kappa shape index (κ1) is 11.0. The first-order chi connectivity index (χ1) is 8.16. The Morgan fingerprint density at radius 3 is 2.88 bits per heavy atom. The number of carboxylic acids is 1. The first-order valence-electron chi connectivity index (χ1n) is 6.12. The van der Waals surface area contributed by atoms with Gasteiger partial charge in [0.2, 0.25) is 0 Å². The maximum absolute atomic E-state index is 11.2. The summed E-state index contributed by atoms with van der Waals surface area (Å²) < 4.78 is 0. The Labute approximate surface area is 104 Å². The SMILES string of the molecule is CN(c1nc2c(s1)CCCC2C(=O)O)C1CC1. The Hall–Kier alpha value is -1.10. The second-order valence-electron chi connectivity index (χ2n) is 4.93. The van der Waals surface area contributed by atoms with Gasteiger partial charge in [-0.3, -0.25) is 4.79 Å². The van der Waals surface area contributed by atoms with E-state index in [0.717, 1.165) is 30.1 Å². The van der Waals surface area contributed by atoms with E-state index in [0.29, 0.717) is 6.04 Å². The van der Waals surface area contributed by atoms with E-state index in [-0.39, 0.29) is 5.92 Å². The van der Waals surface area contributed by atoms with Crippen LogP contribution in [0.1, 0.15) is 42.2 Å². The summed E-state index contributed by atoms with van der Waals surface area (Å²) in [6.45, 7) is 0. The Kier molecular flexibility index (Phi) is 2.58. The summed E-state index contributed by atoms with van der Waals surface area (Å²) in [5, 5.41) is 10.2.